The van der Waals surface area contributed by atoms with E-state index in [1.165, 1.54) is 22.3 Å². The molecule has 0 fully saturated rings. The molecule has 2 heteroatoms. The van der Waals surface area contributed by atoms with Crippen LogP contribution in [0.2, 0.25) is 0 Å². The summed E-state index contributed by atoms with van der Waals surface area (Å²) >= 11 is 0. The second-order valence-corrected chi connectivity index (χ2v) is 4.88. The molecule has 0 spiro atoms. The number of aryl methyl sites for hydroxylation is 1. The van der Waals surface area contributed by atoms with E-state index in [4.69, 9.17) is 0 Å². The number of hydrogen-bond acceptors (Lipinski definition) is 2. The SMILES string of the molecule is CCNCCN(C)Cc1ccc(C)c(C)c1C. The van der Waals surface area contributed by atoms with Crippen LogP contribution in [0.25, 0.3) is 0 Å². The zero-order chi connectivity index (χ0) is 12.8. The molecule has 0 saturated heterocycles. The zero-order valence-electron chi connectivity index (χ0n) is 11.9. The van der Waals surface area contributed by atoms with Gasteiger partial charge in [-0.2, -0.15) is 0 Å². The Morgan fingerprint density at radius 3 is 2.47 bits per heavy atom. The largest absolute Gasteiger partial charge is 0.316 e. The summed E-state index contributed by atoms with van der Waals surface area (Å²) in [4.78, 5) is 2.37. The minimum Gasteiger partial charge on any atom is -0.316 e. The Kier molecular flexibility index (Phi) is 5.66. The van der Waals surface area contributed by atoms with Crippen molar-refractivity contribution in [3.05, 3.63) is 34.4 Å². The van der Waals surface area contributed by atoms with Gasteiger partial charge in [0.1, 0.15) is 0 Å². The molecular formula is C15H26N2. The van der Waals surface area contributed by atoms with Gasteiger partial charge in [0.25, 0.3) is 0 Å². The molecule has 0 aromatic heterocycles. The van der Waals surface area contributed by atoms with Gasteiger partial charge in [0, 0.05) is 19.6 Å². The van der Waals surface area contributed by atoms with Crippen molar-refractivity contribution in [2.45, 2.75) is 34.2 Å². The second-order valence-electron chi connectivity index (χ2n) is 4.88. The summed E-state index contributed by atoms with van der Waals surface area (Å²) in [6.07, 6.45) is 0. The van der Waals surface area contributed by atoms with Crippen LogP contribution in [0.15, 0.2) is 12.1 Å². The number of rotatable bonds is 6. The van der Waals surface area contributed by atoms with E-state index in [0.717, 1.165) is 26.2 Å². The molecule has 0 amide bonds. The molecule has 0 saturated carbocycles. The van der Waals surface area contributed by atoms with E-state index in [1.807, 2.05) is 0 Å². The van der Waals surface area contributed by atoms with E-state index in [0.29, 0.717) is 0 Å². The van der Waals surface area contributed by atoms with Crippen LogP contribution in [0.4, 0.5) is 0 Å². The summed E-state index contributed by atoms with van der Waals surface area (Å²) in [6, 6.07) is 4.50. The van der Waals surface area contributed by atoms with Crippen LogP contribution >= 0.6 is 0 Å². The lowest BCUT2D eigenvalue weighted by atomic mass is 9.98. The van der Waals surface area contributed by atoms with Crippen LogP contribution in [0, 0.1) is 20.8 Å². The van der Waals surface area contributed by atoms with Crippen LogP contribution in [0.3, 0.4) is 0 Å². The van der Waals surface area contributed by atoms with Gasteiger partial charge in [-0.1, -0.05) is 19.1 Å². The molecule has 0 radical (unpaired) electrons. The lowest BCUT2D eigenvalue weighted by Crippen LogP contribution is -2.29. The fraction of sp³-hybridized carbons (Fsp3) is 0.600. The number of hydrogen-bond donors (Lipinski definition) is 1. The molecule has 0 unspecified atom stereocenters. The predicted molar refractivity (Wildman–Crippen MR) is 75.5 cm³/mol. The summed E-state index contributed by atoms with van der Waals surface area (Å²) in [5.41, 5.74) is 5.72. The topological polar surface area (TPSA) is 15.3 Å². The molecule has 2 nitrogen and oxygen atoms in total. The van der Waals surface area contributed by atoms with E-state index < -0.39 is 0 Å². The Balaban J connectivity index is 2.59. The van der Waals surface area contributed by atoms with E-state index in [9.17, 15) is 0 Å². The zero-order valence-corrected chi connectivity index (χ0v) is 11.9. The van der Waals surface area contributed by atoms with Crippen LogP contribution in [0.5, 0.6) is 0 Å². The second kappa shape index (κ2) is 6.77. The molecule has 1 aromatic rings. The highest BCUT2D eigenvalue weighted by Gasteiger charge is 2.06. The molecule has 0 atom stereocenters. The molecule has 1 aromatic carbocycles. The molecular weight excluding hydrogens is 208 g/mol. The van der Waals surface area contributed by atoms with Crippen molar-refractivity contribution in [1.82, 2.24) is 10.2 Å². The summed E-state index contributed by atoms with van der Waals surface area (Å²) < 4.78 is 0. The fourth-order valence-corrected chi connectivity index (χ4v) is 2.00. The summed E-state index contributed by atoms with van der Waals surface area (Å²) in [5, 5.41) is 3.36. The third-order valence-corrected chi connectivity index (χ3v) is 3.53. The van der Waals surface area contributed by atoms with Crippen molar-refractivity contribution in [3.8, 4) is 0 Å². The Labute approximate surface area is 106 Å². The van der Waals surface area contributed by atoms with Crippen LogP contribution in [-0.2, 0) is 6.54 Å². The maximum atomic E-state index is 3.36. The van der Waals surface area contributed by atoms with E-state index >= 15 is 0 Å². The summed E-state index contributed by atoms with van der Waals surface area (Å²) in [6.45, 7) is 13.0. The van der Waals surface area contributed by atoms with E-state index in [-0.39, 0.29) is 0 Å². The Hall–Kier alpha value is -0.860. The van der Waals surface area contributed by atoms with Gasteiger partial charge in [0.05, 0.1) is 0 Å². The minimum absolute atomic E-state index is 1.04. The standard InChI is InChI=1S/C15H26N2/c1-6-16-9-10-17(5)11-15-8-7-12(2)13(3)14(15)4/h7-8,16H,6,9-11H2,1-5H3. The molecule has 0 aliphatic heterocycles. The van der Waals surface area contributed by atoms with Crippen molar-refractivity contribution >= 4 is 0 Å². The average Bonchev–Trinajstić information content (AvgIpc) is 2.30. The van der Waals surface area contributed by atoms with Gasteiger partial charge < -0.3 is 10.2 Å². The first-order chi connectivity index (χ1) is 8.06. The van der Waals surface area contributed by atoms with E-state index in [2.05, 4.69) is 57.1 Å². The monoisotopic (exact) mass is 234 g/mol. The number of nitrogens with zero attached hydrogens (tertiary/aromatic N) is 1. The Morgan fingerprint density at radius 2 is 1.82 bits per heavy atom. The van der Waals surface area contributed by atoms with Gasteiger partial charge in [-0.25, -0.2) is 0 Å². The molecule has 1 rings (SSSR count). The number of nitrogens with one attached hydrogen (secondary N) is 1. The highest BCUT2D eigenvalue weighted by atomic mass is 15.1. The third kappa shape index (κ3) is 4.14. The summed E-state index contributed by atoms with van der Waals surface area (Å²) in [7, 11) is 2.19. The van der Waals surface area contributed by atoms with Gasteiger partial charge in [-0.05, 0) is 56.6 Å². The van der Waals surface area contributed by atoms with Gasteiger partial charge in [0.15, 0.2) is 0 Å². The molecule has 0 heterocycles. The molecule has 0 bridgehead atoms. The van der Waals surface area contributed by atoms with Crippen molar-refractivity contribution in [2.24, 2.45) is 0 Å². The highest BCUT2D eigenvalue weighted by Crippen LogP contribution is 2.18. The number of likely N-dealkylation sites (N-methyl/N-ethyl adjacent to an activating group) is 2. The van der Waals surface area contributed by atoms with Gasteiger partial charge in [-0.3, -0.25) is 0 Å². The molecule has 17 heavy (non-hydrogen) atoms. The summed E-state index contributed by atoms with van der Waals surface area (Å²) in [5.74, 6) is 0. The smallest absolute Gasteiger partial charge is 0.0233 e. The Bertz CT molecular complexity index is 358. The lowest BCUT2D eigenvalue weighted by molar-refractivity contribution is 0.325. The highest BCUT2D eigenvalue weighted by molar-refractivity contribution is 5.38. The van der Waals surface area contributed by atoms with Crippen LogP contribution in [0.1, 0.15) is 29.2 Å². The predicted octanol–water partition coefficient (Wildman–Crippen LogP) is 2.65. The van der Waals surface area contributed by atoms with Gasteiger partial charge >= 0.3 is 0 Å². The maximum Gasteiger partial charge on any atom is 0.0233 e. The van der Waals surface area contributed by atoms with Crippen molar-refractivity contribution in [1.29, 1.82) is 0 Å². The molecule has 1 N–H and O–H groups in total. The number of benzene rings is 1. The lowest BCUT2D eigenvalue weighted by Gasteiger charge is -2.19. The maximum absolute atomic E-state index is 3.36. The van der Waals surface area contributed by atoms with Crippen molar-refractivity contribution < 1.29 is 0 Å². The first-order valence-electron chi connectivity index (χ1n) is 6.51. The first kappa shape index (κ1) is 14.2. The van der Waals surface area contributed by atoms with Crippen LogP contribution in [-0.4, -0.2) is 31.6 Å². The Morgan fingerprint density at radius 1 is 1.12 bits per heavy atom. The molecule has 0 aliphatic carbocycles. The molecule has 0 aliphatic rings. The van der Waals surface area contributed by atoms with Crippen molar-refractivity contribution in [2.75, 3.05) is 26.7 Å². The first-order valence-corrected chi connectivity index (χ1v) is 6.51. The third-order valence-electron chi connectivity index (χ3n) is 3.53. The van der Waals surface area contributed by atoms with Crippen LogP contribution < -0.4 is 5.32 Å². The minimum atomic E-state index is 1.04. The fourth-order valence-electron chi connectivity index (χ4n) is 2.00. The normalized spacial score (nSPS) is 11.2. The van der Waals surface area contributed by atoms with Gasteiger partial charge in [-0.15, -0.1) is 0 Å². The van der Waals surface area contributed by atoms with E-state index in [1.54, 1.807) is 0 Å². The van der Waals surface area contributed by atoms with Gasteiger partial charge in [0.2, 0.25) is 0 Å². The quantitative estimate of drug-likeness (QED) is 0.761. The van der Waals surface area contributed by atoms with Crippen molar-refractivity contribution in [3.63, 3.8) is 0 Å². The average molecular weight is 234 g/mol. The molecule has 96 valence electrons.